The number of hydrogen-bond donors (Lipinski definition) is 3. The molecule has 81 heavy (non-hydrogen) atoms. The number of amides is 1. The highest BCUT2D eigenvalue weighted by atomic mass is 16.5. The second-order valence-corrected chi connectivity index (χ2v) is 25.6. The van der Waals surface area contributed by atoms with Gasteiger partial charge in [-0.1, -0.05) is 378 Å². The van der Waals surface area contributed by atoms with Gasteiger partial charge in [0, 0.05) is 12.8 Å². The van der Waals surface area contributed by atoms with E-state index in [1.165, 1.54) is 334 Å². The Labute approximate surface area is 507 Å². The van der Waals surface area contributed by atoms with Gasteiger partial charge in [-0.2, -0.15) is 0 Å². The monoisotopic (exact) mass is 1140 g/mol. The number of hydrogen-bond acceptors (Lipinski definition) is 5. The lowest BCUT2D eigenvalue weighted by atomic mass is 10.0. The Morgan fingerprint density at radius 3 is 0.988 bits per heavy atom. The van der Waals surface area contributed by atoms with Crippen LogP contribution in [0.2, 0.25) is 0 Å². The van der Waals surface area contributed by atoms with Crippen LogP contribution in [0.1, 0.15) is 418 Å². The van der Waals surface area contributed by atoms with Crippen LogP contribution < -0.4 is 5.32 Å². The van der Waals surface area contributed by atoms with Crippen LogP contribution >= 0.6 is 0 Å². The molecule has 6 nitrogen and oxygen atoms in total. The lowest BCUT2D eigenvalue weighted by Gasteiger charge is -2.22. The lowest BCUT2D eigenvalue weighted by molar-refractivity contribution is -0.143. The van der Waals surface area contributed by atoms with Crippen LogP contribution in [0.25, 0.3) is 0 Å². The highest BCUT2D eigenvalue weighted by Gasteiger charge is 2.20. The van der Waals surface area contributed by atoms with E-state index in [2.05, 4.69) is 43.5 Å². The minimum absolute atomic E-state index is 0.00907. The topological polar surface area (TPSA) is 95.9 Å². The van der Waals surface area contributed by atoms with Crippen molar-refractivity contribution in [3.8, 4) is 0 Å². The summed E-state index contributed by atoms with van der Waals surface area (Å²) in [6.07, 6.45) is 89.9. The maximum absolute atomic E-state index is 12.5. The maximum atomic E-state index is 12.5. The van der Waals surface area contributed by atoms with Gasteiger partial charge in [0.25, 0.3) is 0 Å². The average Bonchev–Trinajstić information content (AvgIpc) is 3.47. The molecule has 0 radical (unpaired) electrons. The fourth-order valence-electron chi connectivity index (χ4n) is 11.9. The third kappa shape index (κ3) is 67.3. The molecule has 1 amide bonds. The van der Waals surface area contributed by atoms with Gasteiger partial charge >= 0.3 is 5.97 Å². The minimum Gasteiger partial charge on any atom is -0.466 e. The molecule has 6 heteroatoms. The van der Waals surface area contributed by atoms with Crippen LogP contribution in [0.5, 0.6) is 0 Å². The molecule has 0 aliphatic carbocycles. The van der Waals surface area contributed by atoms with E-state index in [0.29, 0.717) is 25.9 Å². The molecule has 0 spiro atoms. The molecule has 0 fully saturated rings. The quantitative estimate of drug-likeness (QED) is 0.0320. The smallest absolute Gasteiger partial charge is 0.305 e. The first-order valence-electron chi connectivity index (χ1n) is 37.1. The summed E-state index contributed by atoms with van der Waals surface area (Å²) in [5.74, 6) is -0.0179. The number of aliphatic hydroxyl groups is 2. The molecule has 0 aliphatic rings. The van der Waals surface area contributed by atoms with Crippen molar-refractivity contribution in [1.29, 1.82) is 0 Å². The van der Waals surface area contributed by atoms with Gasteiger partial charge in [0.05, 0.1) is 25.4 Å². The van der Waals surface area contributed by atoms with Crippen molar-refractivity contribution in [2.45, 2.75) is 431 Å². The largest absolute Gasteiger partial charge is 0.466 e. The fraction of sp³-hybridized carbons (Fsp3) is 0.920. The second kappa shape index (κ2) is 70.8. The Hall–Kier alpha value is -1.66. The zero-order valence-corrected chi connectivity index (χ0v) is 55.0. The molecule has 2 atom stereocenters. The predicted octanol–water partition coefficient (Wildman–Crippen LogP) is 24.1. The predicted molar refractivity (Wildman–Crippen MR) is 356 cm³/mol. The zero-order valence-electron chi connectivity index (χ0n) is 55.0. The van der Waals surface area contributed by atoms with Gasteiger partial charge < -0.3 is 20.3 Å². The van der Waals surface area contributed by atoms with Gasteiger partial charge in [0.2, 0.25) is 5.91 Å². The minimum atomic E-state index is -0.658. The van der Waals surface area contributed by atoms with Crippen molar-refractivity contribution in [3.63, 3.8) is 0 Å². The number of aliphatic hydroxyl groups excluding tert-OH is 2. The molecule has 0 rings (SSSR count). The van der Waals surface area contributed by atoms with Crippen molar-refractivity contribution in [2.24, 2.45) is 0 Å². The Balaban J connectivity index is 3.27. The Morgan fingerprint density at radius 2 is 0.642 bits per heavy atom. The molecule has 0 heterocycles. The molecule has 0 saturated heterocycles. The second-order valence-electron chi connectivity index (χ2n) is 25.6. The highest BCUT2D eigenvalue weighted by molar-refractivity contribution is 5.76. The third-order valence-corrected chi connectivity index (χ3v) is 17.5. The lowest BCUT2D eigenvalue weighted by Crippen LogP contribution is -2.45. The standard InChI is InChI=1S/C75H145NO5/c1-3-5-7-9-11-13-15-44-49-53-57-61-65-69-75(80)81-70-66-62-58-54-50-46-43-41-39-37-35-33-31-29-27-25-23-21-19-17-18-20-22-24-26-28-30-32-34-36-38-40-42-45-48-52-56-60-64-68-74(79)76-72(71-77)73(78)67-63-59-55-51-47-16-14-12-10-8-6-4-2/h7,9,13,15,72-73,77-78H,3-6,8,10-12,14,16-71H2,1-2H3,(H,76,79)/b9-7-,15-13-. The number of carbonyl (C=O) groups excluding carboxylic acids is 2. The van der Waals surface area contributed by atoms with Crippen LogP contribution in [0.4, 0.5) is 0 Å². The van der Waals surface area contributed by atoms with Crippen LogP contribution in [-0.2, 0) is 14.3 Å². The Kier molecular flexibility index (Phi) is 69.4. The first-order valence-corrected chi connectivity index (χ1v) is 37.1. The average molecular weight is 1140 g/mol. The van der Waals surface area contributed by atoms with Gasteiger partial charge in [-0.3, -0.25) is 9.59 Å². The van der Waals surface area contributed by atoms with Crippen LogP contribution in [0.15, 0.2) is 24.3 Å². The molecule has 3 N–H and O–H groups in total. The van der Waals surface area contributed by atoms with Crippen LogP contribution in [0.3, 0.4) is 0 Å². The molecular weight excluding hydrogens is 995 g/mol. The summed E-state index contributed by atoms with van der Waals surface area (Å²) in [5, 5.41) is 23.3. The molecule has 0 aliphatic heterocycles. The summed E-state index contributed by atoms with van der Waals surface area (Å²) in [6, 6.07) is -0.535. The van der Waals surface area contributed by atoms with Gasteiger partial charge in [-0.05, 0) is 51.4 Å². The Bertz CT molecular complexity index is 1270. The number of carbonyl (C=O) groups is 2. The fourth-order valence-corrected chi connectivity index (χ4v) is 11.9. The number of allylic oxidation sites excluding steroid dienone is 4. The third-order valence-electron chi connectivity index (χ3n) is 17.5. The molecule has 0 aromatic rings. The van der Waals surface area contributed by atoms with Crippen molar-refractivity contribution in [1.82, 2.24) is 5.32 Å². The maximum Gasteiger partial charge on any atom is 0.305 e. The van der Waals surface area contributed by atoms with Crippen LogP contribution in [-0.4, -0.2) is 47.4 Å². The number of esters is 1. The summed E-state index contributed by atoms with van der Waals surface area (Å²) in [7, 11) is 0. The molecular formula is C75H145NO5. The number of rotatable bonds is 70. The molecule has 0 saturated carbocycles. The first kappa shape index (κ1) is 79.3. The van der Waals surface area contributed by atoms with E-state index >= 15 is 0 Å². The van der Waals surface area contributed by atoms with E-state index in [1.54, 1.807) is 0 Å². The van der Waals surface area contributed by atoms with E-state index in [1.807, 2.05) is 0 Å². The summed E-state index contributed by atoms with van der Waals surface area (Å²) in [6.45, 7) is 4.91. The van der Waals surface area contributed by atoms with E-state index in [4.69, 9.17) is 4.74 Å². The molecule has 0 aromatic heterocycles. The molecule has 0 aromatic carbocycles. The normalized spacial score (nSPS) is 12.6. The molecule has 2 unspecified atom stereocenters. The van der Waals surface area contributed by atoms with Gasteiger partial charge in [0.15, 0.2) is 0 Å². The summed E-state index contributed by atoms with van der Waals surface area (Å²) < 4.78 is 5.48. The van der Waals surface area contributed by atoms with Gasteiger partial charge in [0.1, 0.15) is 0 Å². The number of nitrogens with one attached hydrogen (secondary N) is 1. The summed E-state index contributed by atoms with van der Waals surface area (Å²) in [5.41, 5.74) is 0. The van der Waals surface area contributed by atoms with E-state index < -0.39 is 12.1 Å². The number of unbranched alkanes of at least 4 members (excludes halogenated alkanes) is 55. The van der Waals surface area contributed by atoms with Crippen molar-refractivity contribution in [3.05, 3.63) is 24.3 Å². The van der Waals surface area contributed by atoms with Crippen molar-refractivity contribution >= 4 is 11.9 Å². The Morgan fingerprint density at radius 1 is 0.346 bits per heavy atom. The summed E-state index contributed by atoms with van der Waals surface area (Å²) in [4.78, 5) is 24.5. The highest BCUT2D eigenvalue weighted by Crippen LogP contribution is 2.20. The van der Waals surface area contributed by atoms with E-state index in [9.17, 15) is 19.8 Å². The molecule has 480 valence electrons. The van der Waals surface area contributed by atoms with E-state index in [0.717, 1.165) is 51.4 Å². The van der Waals surface area contributed by atoms with Crippen molar-refractivity contribution in [2.75, 3.05) is 13.2 Å². The van der Waals surface area contributed by atoms with Crippen molar-refractivity contribution < 1.29 is 24.5 Å². The van der Waals surface area contributed by atoms with Gasteiger partial charge in [-0.15, -0.1) is 0 Å². The SMILES string of the molecule is CCC/C=C\C/C=C\CCCCCCCC(=O)OCCCCCCCCCCCCCCCCCCCCCCCCCCCCCCCCCCCCCCCCCC(=O)NC(CO)C(O)CCCCCCCCCCCCCC. The molecule has 0 bridgehead atoms. The number of ether oxygens (including phenoxy) is 1. The first-order chi connectivity index (χ1) is 40.0. The summed E-state index contributed by atoms with van der Waals surface area (Å²) >= 11 is 0. The zero-order chi connectivity index (χ0) is 58.5. The van der Waals surface area contributed by atoms with E-state index in [-0.39, 0.29) is 18.5 Å². The van der Waals surface area contributed by atoms with Gasteiger partial charge in [-0.25, -0.2) is 0 Å². The van der Waals surface area contributed by atoms with Crippen LogP contribution in [0, 0.1) is 0 Å².